The van der Waals surface area contributed by atoms with E-state index < -0.39 is 0 Å². The summed E-state index contributed by atoms with van der Waals surface area (Å²) in [7, 11) is 0. The number of thioether (sulfide) groups is 2. The molecule has 0 saturated carbocycles. The molecule has 18 heavy (non-hydrogen) atoms. The summed E-state index contributed by atoms with van der Waals surface area (Å²) in [4.78, 5) is 13.8. The largest absolute Gasteiger partial charge is 0.463 e. The van der Waals surface area contributed by atoms with Gasteiger partial charge in [0.25, 0.3) is 0 Å². The molecule has 1 atom stereocenters. The Balaban J connectivity index is 2.08. The molecule has 1 aliphatic rings. The SMILES string of the molecule is CCSCCN1C(=O)CSC1c1cc(C)c(C)o1. The Morgan fingerprint density at radius 3 is 2.94 bits per heavy atom. The number of carbonyl (C=O) groups excluding carboxylic acids is 1. The van der Waals surface area contributed by atoms with Crippen molar-refractivity contribution in [3.05, 3.63) is 23.2 Å². The predicted octanol–water partition coefficient (Wildman–Crippen LogP) is 3.22. The van der Waals surface area contributed by atoms with E-state index in [2.05, 4.69) is 13.0 Å². The quantitative estimate of drug-likeness (QED) is 0.778. The number of rotatable bonds is 5. The lowest BCUT2D eigenvalue weighted by Crippen LogP contribution is -2.30. The minimum absolute atomic E-state index is 0.0716. The first-order valence-corrected chi connectivity index (χ1v) is 8.39. The molecule has 0 spiro atoms. The summed E-state index contributed by atoms with van der Waals surface area (Å²) in [6.45, 7) is 6.97. The number of carbonyl (C=O) groups is 1. The van der Waals surface area contributed by atoms with E-state index in [1.807, 2.05) is 30.5 Å². The number of aryl methyl sites for hydroxylation is 2. The molecule has 1 aliphatic heterocycles. The summed E-state index contributed by atoms with van der Waals surface area (Å²) in [5.41, 5.74) is 1.16. The molecule has 2 heterocycles. The summed E-state index contributed by atoms with van der Waals surface area (Å²) < 4.78 is 5.76. The zero-order valence-corrected chi connectivity index (χ0v) is 12.7. The first kappa shape index (κ1) is 13.9. The molecule has 1 aromatic heterocycles. The van der Waals surface area contributed by atoms with Crippen molar-refractivity contribution >= 4 is 29.4 Å². The monoisotopic (exact) mass is 285 g/mol. The molecule has 2 rings (SSSR count). The zero-order valence-electron chi connectivity index (χ0n) is 11.1. The molecule has 1 unspecified atom stereocenters. The highest BCUT2D eigenvalue weighted by molar-refractivity contribution is 8.00. The van der Waals surface area contributed by atoms with Crippen molar-refractivity contribution in [2.45, 2.75) is 26.1 Å². The van der Waals surface area contributed by atoms with Crippen molar-refractivity contribution in [3.8, 4) is 0 Å². The van der Waals surface area contributed by atoms with E-state index in [1.54, 1.807) is 11.8 Å². The second kappa shape index (κ2) is 6.06. The molecule has 100 valence electrons. The first-order valence-electron chi connectivity index (χ1n) is 6.19. The molecule has 0 aliphatic carbocycles. The van der Waals surface area contributed by atoms with Crippen LogP contribution < -0.4 is 0 Å². The van der Waals surface area contributed by atoms with Gasteiger partial charge in [-0.05, 0) is 31.2 Å². The summed E-state index contributed by atoms with van der Waals surface area (Å²) >= 11 is 3.53. The third-order valence-corrected chi connectivity index (χ3v) is 5.17. The van der Waals surface area contributed by atoms with Gasteiger partial charge in [-0.1, -0.05) is 6.92 Å². The molecule has 1 saturated heterocycles. The Hall–Kier alpha value is -0.550. The van der Waals surface area contributed by atoms with Crippen molar-refractivity contribution in [2.24, 2.45) is 0 Å². The van der Waals surface area contributed by atoms with Gasteiger partial charge in [-0.3, -0.25) is 4.79 Å². The third-order valence-electron chi connectivity index (χ3n) is 3.08. The lowest BCUT2D eigenvalue weighted by Gasteiger charge is -2.21. The fourth-order valence-corrected chi connectivity index (χ4v) is 3.73. The number of nitrogens with zero attached hydrogens (tertiary/aromatic N) is 1. The minimum atomic E-state index is 0.0716. The van der Waals surface area contributed by atoms with Crippen LogP contribution >= 0.6 is 23.5 Å². The smallest absolute Gasteiger partial charge is 0.233 e. The van der Waals surface area contributed by atoms with Gasteiger partial charge in [0.2, 0.25) is 5.91 Å². The van der Waals surface area contributed by atoms with Gasteiger partial charge in [0.05, 0.1) is 5.75 Å². The van der Waals surface area contributed by atoms with Crippen molar-refractivity contribution in [1.29, 1.82) is 0 Å². The second-order valence-corrected chi connectivity index (χ2v) is 6.80. The van der Waals surface area contributed by atoms with Crippen LogP contribution in [-0.2, 0) is 4.79 Å². The summed E-state index contributed by atoms with van der Waals surface area (Å²) in [6.07, 6.45) is 0. The highest BCUT2D eigenvalue weighted by Gasteiger charge is 2.34. The van der Waals surface area contributed by atoms with Crippen molar-refractivity contribution in [3.63, 3.8) is 0 Å². The van der Waals surface area contributed by atoms with Crippen molar-refractivity contribution in [2.75, 3.05) is 23.8 Å². The highest BCUT2D eigenvalue weighted by atomic mass is 32.2. The van der Waals surface area contributed by atoms with Gasteiger partial charge in [0.15, 0.2) is 0 Å². The van der Waals surface area contributed by atoms with Crippen LogP contribution in [0.2, 0.25) is 0 Å². The molecule has 0 bridgehead atoms. The molecule has 1 aromatic rings. The van der Waals surface area contributed by atoms with Crippen LogP contribution in [-0.4, -0.2) is 34.6 Å². The Labute approximate surface area is 117 Å². The van der Waals surface area contributed by atoms with Crippen LogP contribution in [0.1, 0.15) is 29.4 Å². The van der Waals surface area contributed by atoms with Crippen LogP contribution in [0, 0.1) is 13.8 Å². The van der Waals surface area contributed by atoms with Gasteiger partial charge >= 0.3 is 0 Å². The molecular formula is C13H19NO2S2. The molecule has 1 fully saturated rings. The Morgan fingerprint density at radius 1 is 1.56 bits per heavy atom. The number of hydrogen-bond acceptors (Lipinski definition) is 4. The topological polar surface area (TPSA) is 33.5 Å². The van der Waals surface area contributed by atoms with E-state index in [9.17, 15) is 4.79 Å². The van der Waals surface area contributed by atoms with Crippen LogP contribution in [0.4, 0.5) is 0 Å². The lowest BCUT2D eigenvalue weighted by atomic mass is 10.3. The molecule has 0 N–H and O–H groups in total. The number of amides is 1. The van der Waals surface area contributed by atoms with Gasteiger partial charge in [0.1, 0.15) is 16.9 Å². The maximum atomic E-state index is 11.9. The fraction of sp³-hybridized carbons (Fsp3) is 0.615. The van der Waals surface area contributed by atoms with E-state index in [4.69, 9.17) is 4.42 Å². The summed E-state index contributed by atoms with van der Waals surface area (Å²) in [5.74, 6) is 4.76. The molecule has 1 amide bonds. The molecule has 3 nitrogen and oxygen atoms in total. The normalized spacial score (nSPS) is 19.8. The maximum absolute atomic E-state index is 11.9. The minimum Gasteiger partial charge on any atom is -0.463 e. The average Bonchev–Trinajstić information content (AvgIpc) is 2.85. The Morgan fingerprint density at radius 2 is 2.33 bits per heavy atom. The van der Waals surface area contributed by atoms with Gasteiger partial charge in [0, 0.05) is 12.3 Å². The van der Waals surface area contributed by atoms with Gasteiger partial charge in [-0.25, -0.2) is 0 Å². The second-order valence-electron chi connectivity index (χ2n) is 4.34. The highest BCUT2D eigenvalue weighted by Crippen LogP contribution is 2.39. The first-order chi connectivity index (χ1) is 8.63. The number of furan rings is 1. The van der Waals surface area contributed by atoms with Crippen molar-refractivity contribution in [1.82, 2.24) is 4.90 Å². The van der Waals surface area contributed by atoms with E-state index in [0.717, 1.165) is 35.1 Å². The molecular weight excluding hydrogens is 266 g/mol. The summed E-state index contributed by atoms with van der Waals surface area (Å²) in [5, 5.41) is 0.0716. The predicted molar refractivity (Wildman–Crippen MR) is 78.1 cm³/mol. The average molecular weight is 285 g/mol. The van der Waals surface area contributed by atoms with Crippen molar-refractivity contribution < 1.29 is 9.21 Å². The van der Waals surface area contributed by atoms with E-state index in [0.29, 0.717) is 5.75 Å². The van der Waals surface area contributed by atoms with Crippen LogP contribution in [0.3, 0.4) is 0 Å². The van der Waals surface area contributed by atoms with E-state index in [-0.39, 0.29) is 11.3 Å². The van der Waals surface area contributed by atoms with E-state index >= 15 is 0 Å². The van der Waals surface area contributed by atoms with Crippen LogP contribution in [0.5, 0.6) is 0 Å². The molecule has 0 aromatic carbocycles. The lowest BCUT2D eigenvalue weighted by molar-refractivity contribution is -0.128. The third kappa shape index (κ3) is 2.88. The fourth-order valence-electron chi connectivity index (χ4n) is 1.96. The maximum Gasteiger partial charge on any atom is 0.233 e. The Kier molecular flexibility index (Phi) is 4.67. The molecule has 0 radical (unpaired) electrons. The summed E-state index contributed by atoms with van der Waals surface area (Å²) in [6, 6.07) is 2.06. The molecule has 5 heteroatoms. The van der Waals surface area contributed by atoms with E-state index in [1.165, 1.54) is 0 Å². The van der Waals surface area contributed by atoms with Gasteiger partial charge in [-0.2, -0.15) is 11.8 Å². The van der Waals surface area contributed by atoms with Gasteiger partial charge in [-0.15, -0.1) is 11.8 Å². The number of hydrogen-bond donors (Lipinski definition) is 0. The van der Waals surface area contributed by atoms with Gasteiger partial charge < -0.3 is 9.32 Å². The van der Waals surface area contributed by atoms with Crippen LogP contribution in [0.15, 0.2) is 10.5 Å². The Bertz CT molecular complexity index is 411. The van der Waals surface area contributed by atoms with Crippen LogP contribution in [0.25, 0.3) is 0 Å². The standard InChI is InChI=1S/C13H19NO2S2/c1-4-17-6-5-14-12(15)8-18-13(14)11-7-9(2)10(3)16-11/h7,13H,4-6,8H2,1-3H3. The zero-order chi connectivity index (χ0) is 13.1.